The molecule has 1 aromatic carbocycles. The fraction of sp³-hybridized carbons (Fsp3) is 0.467. The molecule has 0 aliphatic heterocycles. The van der Waals surface area contributed by atoms with E-state index in [1.807, 2.05) is 30.3 Å². The fourth-order valence-electron chi connectivity index (χ4n) is 2.78. The first-order chi connectivity index (χ1) is 9.19. The second-order valence-electron chi connectivity index (χ2n) is 4.91. The molecule has 1 fully saturated rings. The molecule has 1 N–H and O–H groups in total. The summed E-state index contributed by atoms with van der Waals surface area (Å²) in [5.41, 5.74) is 0.560. The molecule has 0 atom stereocenters. The summed E-state index contributed by atoms with van der Waals surface area (Å²) in [6, 6.07) is 9.82. The Labute approximate surface area is 113 Å². The number of carbonyl (C=O) groups is 2. The maximum Gasteiger partial charge on any atom is 0.325 e. The average Bonchev–Trinajstić information content (AvgIpc) is 2.96. The smallest absolute Gasteiger partial charge is 0.325 e. The van der Waals surface area contributed by atoms with Crippen molar-refractivity contribution < 1.29 is 14.3 Å². The second-order valence-corrected chi connectivity index (χ2v) is 4.91. The van der Waals surface area contributed by atoms with Crippen LogP contribution in [0.5, 0.6) is 0 Å². The third kappa shape index (κ3) is 2.78. The fourth-order valence-corrected chi connectivity index (χ4v) is 2.78. The third-order valence-corrected chi connectivity index (χ3v) is 3.84. The molecule has 4 nitrogen and oxygen atoms in total. The molecule has 1 aliphatic carbocycles. The molecular formula is C15H19NO3. The monoisotopic (exact) mass is 261 g/mol. The zero-order valence-electron chi connectivity index (χ0n) is 11.1. The van der Waals surface area contributed by atoms with Crippen molar-refractivity contribution in [3.63, 3.8) is 0 Å². The van der Waals surface area contributed by atoms with E-state index in [-0.39, 0.29) is 12.5 Å². The van der Waals surface area contributed by atoms with Gasteiger partial charge in [-0.2, -0.15) is 0 Å². The van der Waals surface area contributed by atoms with Crippen LogP contribution in [-0.2, 0) is 19.7 Å². The highest BCUT2D eigenvalue weighted by Gasteiger charge is 2.42. The molecule has 1 aliphatic rings. The lowest BCUT2D eigenvalue weighted by atomic mass is 9.78. The Kier molecular flexibility index (Phi) is 4.20. The van der Waals surface area contributed by atoms with Crippen molar-refractivity contribution in [2.24, 2.45) is 0 Å². The molecule has 1 amide bonds. The predicted molar refractivity (Wildman–Crippen MR) is 71.6 cm³/mol. The van der Waals surface area contributed by atoms with Crippen molar-refractivity contribution in [2.45, 2.75) is 31.1 Å². The topological polar surface area (TPSA) is 55.4 Å². The van der Waals surface area contributed by atoms with E-state index in [1.54, 1.807) is 0 Å². The number of nitrogens with one attached hydrogen (secondary N) is 1. The standard InChI is InChI=1S/C15H19NO3/c1-19-13(17)11-16-14(18)15(9-5-6-10-15)12-7-3-2-4-8-12/h2-4,7-8H,5-6,9-11H2,1H3,(H,16,18). The second kappa shape index (κ2) is 5.87. The highest BCUT2D eigenvalue weighted by molar-refractivity contribution is 5.90. The van der Waals surface area contributed by atoms with Crippen molar-refractivity contribution in [1.82, 2.24) is 5.32 Å². The first-order valence-electron chi connectivity index (χ1n) is 6.60. The number of hydrogen-bond acceptors (Lipinski definition) is 3. The Morgan fingerprint density at radius 1 is 1.21 bits per heavy atom. The van der Waals surface area contributed by atoms with E-state index in [1.165, 1.54) is 7.11 Å². The van der Waals surface area contributed by atoms with Crippen molar-refractivity contribution in [2.75, 3.05) is 13.7 Å². The Morgan fingerprint density at radius 3 is 2.42 bits per heavy atom. The van der Waals surface area contributed by atoms with E-state index in [0.717, 1.165) is 31.2 Å². The lowest BCUT2D eigenvalue weighted by Crippen LogP contribution is -2.44. The number of esters is 1. The van der Waals surface area contributed by atoms with E-state index in [0.29, 0.717) is 0 Å². The zero-order chi connectivity index (χ0) is 13.7. The van der Waals surface area contributed by atoms with Crippen LogP contribution in [0.1, 0.15) is 31.2 Å². The van der Waals surface area contributed by atoms with Gasteiger partial charge in [-0.25, -0.2) is 0 Å². The number of benzene rings is 1. The van der Waals surface area contributed by atoms with Crippen LogP contribution >= 0.6 is 0 Å². The van der Waals surface area contributed by atoms with Gasteiger partial charge in [0.1, 0.15) is 6.54 Å². The SMILES string of the molecule is COC(=O)CNC(=O)C1(c2ccccc2)CCCC1. The first-order valence-corrected chi connectivity index (χ1v) is 6.60. The first kappa shape index (κ1) is 13.6. The highest BCUT2D eigenvalue weighted by atomic mass is 16.5. The van der Waals surface area contributed by atoms with Gasteiger partial charge in [-0.15, -0.1) is 0 Å². The minimum Gasteiger partial charge on any atom is -0.468 e. The molecule has 0 bridgehead atoms. The number of carbonyl (C=O) groups excluding carboxylic acids is 2. The number of rotatable bonds is 4. The Balaban J connectivity index is 2.16. The summed E-state index contributed by atoms with van der Waals surface area (Å²) in [6.07, 6.45) is 3.76. The van der Waals surface area contributed by atoms with Crippen LogP contribution in [0.2, 0.25) is 0 Å². The summed E-state index contributed by atoms with van der Waals surface area (Å²) in [4.78, 5) is 23.6. The maximum atomic E-state index is 12.5. The molecule has 2 rings (SSSR count). The van der Waals surface area contributed by atoms with Crippen LogP contribution < -0.4 is 5.32 Å². The van der Waals surface area contributed by atoms with E-state index >= 15 is 0 Å². The Bertz CT molecular complexity index is 450. The Hall–Kier alpha value is -1.84. The van der Waals surface area contributed by atoms with Crippen molar-refractivity contribution in [3.05, 3.63) is 35.9 Å². The number of methoxy groups -OCH3 is 1. The molecule has 0 saturated heterocycles. The minimum atomic E-state index is -0.477. The van der Waals surface area contributed by atoms with Crippen LogP contribution in [0.15, 0.2) is 30.3 Å². The molecule has 0 spiro atoms. The molecule has 4 heteroatoms. The normalized spacial score (nSPS) is 16.9. The lowest BCUT2D eigenvalue weighted by molar-refractivity contribution is -0.141. The van der Waals surface area contributed by atoms with E-state index < -0.39 is 11.4 Å². The molecule has 0 aromatic heterocycles. The van der Waals surface area contributed by atoms with Gasteiger partial charge < -0.3 is 10.1 Å². The molecule has 0 unspecified atom stereocenters. The number of amides is 1. The van der Waals surface area contributed by atoms with Crippen molar-refractivity contribution >= 4 is 11.9 Å². The minimum absolute atomic E-state index is 0.0656. The van der Waals surface area contributed by atoms with Gasteiger partial charge in [-0.05, 0) is 18.4 Å². The molecule has 0 radical (unpaired) electrons. The van der Waals surface area contributed by atoms with Gasteiger partial charge >= 0.3 is 5.97 Å². The van der Waals surface area contributed by atoms with Crippen LogP contribution in [0.25, 0.3) is 0 Å². The van der Waals surface area contributed by atoms with Gasteiger partial charge in [0.2, 0.25) is 5.91 Å². The molecule has 1 saturated carbocycles. The van der Waals surface area contributed by atoms with Gasteiger partial charge in [0.25, 0.3) is 0 Å². The van der Waals surface area contributed by atoms with Crippen LogP contribution in [0, 0.1) is 0 Å². The molecule has 0 heterocycles. The largest absolute Gasteiger partial charge is 0.468 e. The molecule has 102 valence electrons. The summed E-state index contributed by atoms with van der Waals surface area (Å²) < 4.78 is 4.55. The maximum absolute atomic E-state index is 12.5. The lowest BCUT2D eigenvalue weighted by Gasteiger charge is -2.28. The van der Waals surface area contributed by atoms with Crippen LogP contribution in [0.4, 0.5) is 0 Å². The Morgan fingerprint density at radius 2 is 1.84 bits per heavy atom. The highest BCUT2D eigenvalue weighted by Crippen LogP contribution is 2.41. The summed E-state index contributed by atoms with van der Waals surface area (Å²) in [7, 11) is 1.32. The van der Waals surface area contributed by atoms with Crippen molar-refractivity contribution in [3.8, 4) is 0 Å². The molecular weight excluding hydrogens is 242 g/mol. The number of hydrogen-bond donors (Lipinski definition) is 1. The molecule has 1 aromatic rings. The van der Waals surface area contributed by atoms with Crippen LogP contribution in [0.3, 0.4) is 0 Å². The third-order valence-electron chi connectivity index (χ3n) is 3.84. The summed E-state index contributed by atoms with van der Waals surface area (Å²) in [5, 5.41) is 2.70. The van der Waals surface area contributed by atoms with Gasteiger partial charge in [0.15, 0.2) is 0 Å². The summed E-state index contributed by atoms with van der Waals surface area (Å²) >= 11 is 0. The van der Waals surface area contributed by atoms with E-state index in [2.05, 4.69) is 10.1 Å². The van der Waals surface area contributed by atoms with Gasteiger partial charge in [-0.3, -0.25) is 9.59 Å². The average molecular weight is 261 g/mol. The van der Waals surface area contributed by atoms with Crippen LogP contribution in [-0.4, -0.2) is 25.5 Å². The zero-order valence-corrected chi connectivity index (χ0v) is 11.1. The number of ether oxygens (including phenoxy) is 1. The molecule has 19 heavy (non-hydrogen) atoms. The van der Waals surface area contributed by atoms with Gasteiger partial charge in [0, 0.05) is 0 Å². The predicted octanol–water partition coefficient (Wildman–Crippen LogP) is 1.79. The van der Waals surface area contributed by atoms with E-state index in [4.69, 9.17) is 0 Å². The summed E-state index contributed by atoms with van der Waals surface area (Å²) in [6.45, 7) is -0.0656. The van der Waals surface area contributed by atoms with Gasteiger partial charge in [0.05, 0.1) is 12.5 Å². The van der Waals surface area contributed by atoms with Crippen molar-refractivity contribution in [1.29, 1.82) is 0 Å². The van der Waals surface area contributed by atoms with Gasteiger partial charge in [-0.1, -0.05) is 43.2 Å². The van der Waals surface area contributed by atoms with E-state index in [9.17, 15) is 9.59 Å². The summed E-state index contributed by atoms with van der Waals surface area (Å²) in [5.74, 6) is -0.490. The quantitative estimate of drug-likeness (QED) is 0.841.